The number of halogens is 1. The fraction of sp³-hybridized carbons (Fsp3) is 0.0667. The second kappa shape index (κ2) is 5.71. The zero-order valence-corrected chi connectivity index (χ0v) is 12.5. The molecule has 4 nitrogen and oxygen atoms in total. The first kappa shape index (κ1) is 13.9. The lowest BCUT2D eigenvalue weighted by Gasteiger charge is -2.06. The largest absolute Gasteiger partial charge is 0.396 e. The quantitative estimate of drug-likeness (QED) is 0.777. The van der Waals surface area contributed by atoms with Crippen LogP contribution < -0.4 is 11.1 Å². The van der Waals surface area contributed by atoms with Gasteiger partial charge in [-0.3, -0.25) is 9.78 Å². The van der Waals surface area contributed by atoms with Gasteiger partial charge in [0.15, 0.2) is 0 Å². The minimum atomic E-state index is -0.213. The van der Waals surface area contributed by atoms with E-state index in [1.54, 1.807) is 12.3 Å². The topological polar surface area (TPSA) is 68.0 Å². The molecule has 0 spiro atoms. The van der Waals surface area contributed by atoms with E-state index in [2.05, 4.69) is 10.3 Å². The van der Waals surface area contributed by atoms with Crippen LogP contribution in [0.5, 0.6) is 0 Å². The average Bonchev–Trinajstić information content (AvgIpc) is 2.84. The number of aromatic nitrogens is 1. The van der Waals surface area contributed by atoms with Crippen LogP contribution in [-0.2, 0) is 6.54 Å². The van der Waals surface area contributed by atoms with E-state index in [1.165, 1.54) is 11.3 Å². The van der Waals surface area contributed by atoms with Crippen LogP contribution in [0.15, 0.2) is 42.6 Å². The van der Waals surface area contributed by atoms with Crippen LogP contribution in [0, 0.1) is 0 Å². The van der Waals surface area contributed by atoms with E-state index in [0.717, 1.165) is 10.3 Å². The molecule has 1 amide bonds. The summed E-state index contributed by atoms with van der Waals surface area (Å²) in [5.41, 5.74) is 7.96. The summed E-state index contributed by atoms with van der Waals surface area (Å²) < 4.78 is 0.901. The number of pyridine rings is 1. The van der Waals surface area contributed by atoms with Crippen molar-refractivity contribution in [2.24, 2.45) is 0 Å². The molecule has 0 aliphatic heterocycles. The third kappa shape index (κ3) is 2.70. The minimum Gasteiger partial charge on any atom is -0.396 e. The first-order chi connectivity index (χ1) is 10.2. The monoisotopic (exact) mass is 317 g/mol. The molecule has 0 fully saturated rings. The van der Waals surface area contributed by atoms with E-state index in [1.807, 2.05) is 30.3 Å². The highest BCUT2D eigenvalue weighted by Crippen LogP contribution is 2.31. The Kier molecular flexibility index (Phi) is 3.77. The number of hydrogen-bond donors (Lipinski definition) is 2. The smallest absolute Gasteiger partial charge is 0.263 e. The number of nitrogens with two attached hydrogens (primary N) is 1. The number of carbonyl (C=O) groups is 1. The third-order valence-corrected chi connectivity index (χ3v) is 4.61. The molecular weight excluding hydrogens is 306 g/mol. The van der Waals surface area contributed by atoms with E-state index in [0.29, 0.717) is 27.6 Å². The highest BCUT2D eigenvalue weighted by atomic mass is 35.5. The Morgan fingerprint density at radius 2 is 2.10 bits per heavy atom. The molecule has 0 radical (unpaired) electrons. The Morgan fingerprint density at radius 3 is 2.86 bits per heavy atom. The Morgan fingerprint density at radius 1 is 1.29 bits per heavy atom. The number of rotatable bonds is 3. The van der Waals surface area contributed by atoms with Crippen molar-refractivity contribution in [2.45, 2.75) is 6.54 Å². The maximum Gasteiger partial charge on any atom is 0.263 e. The highest BCUT2D eigenvalue weighted by Gasteiger charge is 2.16. The Bertz CT molecular complexity index is 816. The normalized spacial score (nSPS) is 10.7. The van der Waals surface area contributed by atoms with Crippen LogP contribution in [0.1, 0.15) is 15.2 Å². The standard InChI is InChI=1S/C15H12ClN3OS/c16-10-5-2-1-4-9(10)8-19-15(20)14-12(17)13-11(21-14)6-3-7-18-13/h1-7H,8,17H2,(H,19,20). The van der Waals surface area contributed by atoms with Crippen molar-refractivity contribution >= 4 is 44.7 Å². The summed E-state index contributed by atoms with van der Waals surface area (Å²) in [4.78, 5) is 17.0. The summed E-state index contributed by atoms with van der Waals surface area (Å²) in [5.74, 6) is -0.213. The first-order valence-corrected chi connectivity index (χ1v) is 7.51. The molecule has 0 saturated carbocycles. The van der Waals surface area contributed by atoms with Crippen molar-refractivity contribution in [1.82, 2.24) is 10.3 Å². The first-order valence-electron chi connectivity index (χ1n) is 6.31. The molecule has 0 aliphatic rings. The second-order valence-corrected chi connectivity index (χ2v) is 5.93. The molecule has 2 heterocycles. The number of fused-ring (bicyclic) bond motifs is 1. The number of nitrogen functional groups attached to an aromatic ring is 1. The van der Waals surface area contributed by atoms with Gasteiger partial charge in [0.2, 0.25) is 0 Å². The van der Waals surface area contributed by atoms with E-state index < -0.39 is 0 Å². The van der Waals surface area contributed by atoms with Crippen LogP contribution in [0.25, 0.3) is 10.2 Å². The summed E-state index contributed by atoms with van der Waals surface area (Å²) in [7, 11) is 0. The van der Waals surface area contributed by atoms with Gasteiger partial charge >= 0.3 is 0 Å². The molecule has 0 unspecified atom stereocenters. The van der Waals surface area contributed by atoms with Crippen molar-refractivity contribution in [3.8, 4) is 0 Å². The average molecular weight is 318 g/mol. The van der Waals surface area contributed by atoms with Crippen molar-refractivity contribution in [3.63, 3.8) is 0 Å². The van der Waals surface area contributed by atoms with Gasteiger partial charge < -0.3 is 11.1 Å². The van der Waals surface area contributed by atoms with Gasteiger partial charge in [0.25, 0.3) is 5.91 Å². The van der Waals surface area contributed by atoms with Gasteiger partial charge in [0, 0.05) is 17.8 Å². The third-order valence-electron chi connectivity index (χ3n) is 3.09. The molecule has 0 saturated heterocycles. The number of thiophene rings is 1. The molecule has 3 N–H and O–H groups in total. The second-order valence-electron chi connectivity index (χ2n) is 4.47. The lowest BCUT2D eigenvalue weighted by atomic mass is 10.2. The van der Waals surface area contributed by atoms with Gasteiger partial charge in [-0.15, -0.1) is 11.3 Å². The molecule has 0 atom stereocenters. The van der Waals surface area contributed by atoms with Crippen molar-refractivity contribution in [1.29, 1.82) is 0 Å². The van der Waals surface area contributed by atoms with Crippen LogP contribution in [0.4, 0.5) is 5.69 Å². The summed E-state index contributed by atoms with van der Waals surface area (Å²) in [5, 5.41) is 3.47. The number of amides is 1. The maximum absolute atomic E-state index is 12.3. The number of hydrogen-bond acceptors (Lipinski definition) is 4. The molecular formula is C15H12ClN3OS. The van der Waals surface area contributed by atoms with Gasteiger partial charge in [-0.2, -0.15) is 0 Å². The summed E-state index contributed by atoms with van der Waals surface area (Å²) in [6.07, 6.45) is 1.66. The molecule has 6 heteroatoms. The van der Waals surface area contributed by atoms with Gasteiger partial charge in [-0.1, -0.05) is 29.8 Å². The van der Waals surface area contributed by atoms with E-state index in [4.69, 9.17) is 17.3 Å². The summed E-state index contributed by atoms with van der Waals surface area (Å²) in [6, 6.07) is 11.1. The lowest BCUT2D eigenvalue weighted by Crippen LogP contribution is -2.22. The van der Waals surface area contributed by atoms with Gasteiger partial charge in [-0.05, 0) is 23.8 Å². The summed E-state index contributed by atoms with van der Waals surface area (Å²) >= 11 is 7.40. The molecule has 3 rings (SSSR count). The number of anilines is 1. The Balaban J connectivity index is 1.81. The SMILES string of the molecule is Nc1c(C(=O)NCc2ccccc2Cl)sc2cccnc12. The fourth-order valence-electron chi connectivity index (χ4n) is 2.01. The van der Waals surface area contributed by atoms with Crippen LogP contribution in [0.3, 0.4) is 0 Å². The number of benzene rings is 1. The van der Waals surface area contributed by atoms with Gasteiger partial charge in [-0.25, -0.2) is 0 Å². The molecule has 3 aromatic rings. The van der Waals surface area contributed by atoms with Crippen LogP contribution >= 0.6 is 22.9 Å². The Hall–Kier alpha value is -2.11. The zero-order chi connectivity index (χ0) is 14.8. The number of nitrogens with one attached hydrogen (secondary N) is 1. The van der Waals surface area contributed by atoms with Crippen molar-refractivity contribution in [2.75, 3.05) is 5.73 Å². The van der Waals surface area contributed by atoms with E-state index in [9.17, 15) is 4.79 Å². The van der Waals surface area contributed by atoms with Gasteiger partial charge in [0.1, 0.15) is 10.4 Å². The number of nitrogens with zero attached hydrogens (tertiary/aromatic N) is 1. The number of carbonyl (C=O) groups excluding carboxylic acids is 1. The van der Waals surface area contributed by atoms with Crippen molar-refractivity contribution in [3.05, 3.63) is 58.1 Å². The lowest BCUT2D eigenvalue weighted by molar-refractivity contribution is 0.0956. The molecule has 2 aromatic heterocycles. The van der Waals surface area contributed by atoms with E-state index >= 15 is 0 Å². The Labute approximate surface area is 130 Å². The molecule has 1 aromatic carbocycles. The maximum atomic E-state index is 12.3. The van der Waals surface area contributed by atoms with E-state index in [-0.39, 0.29) is 5.91 Å². The molecule has 0 bridgehead atoms. The predicted molar refractivity (Wildman–Crippen MR) is 86.7 cm³/mol. The molecule has 0 aliphatic carbocycles. The molecule has 106 valence electrons. The van der Waals surface area contributed by atoms with Crippen LogP contribution in [-0.4, -0.2) is 10.9 Å². The predicted octanol–water partition coefficient (Wildman–Crippen LogP) is 3.46. The van der Waals surface area contributed by atoms with Crippen LogP contribution in [0.2, 0.25) is 5.02 Å². The summed E-state index contributed by atoms with van der Waals surface area (Å²) in [6.45, 7) is 0.361. The minimum absolute atomic E-state index is 0.213. The highest BCUT2D eigenvalue weighted by molar-refractivity contribution is 7.21. The zero-order valence-electron chi connectivity index (χ0n) is 11.0. The van der Waals surface area contributed by atoms with Crippen molar-refractivity contribution < 1.29 is 4.79 Å². The fourth-order valence-corrected chi connectivity index (χ4v) is 3.21. The molecule has 21 heavy (non-hydrogen) atoms. The van der Waals surface area contributed by atoms with Gasteiger partial charge in [0.05, 0.1) is 10.4 Å².